The van der Waals surface area contributed by atoms with Gasteiger partial charge in [-0.15, -0.1) is 11.8 Å². The Morgan fingerprint density at radius 3 is 2.10 bits per heavy atom. The van der Waals surface area contributed by atoms with Gasteiger partial charge in [0.1, 0.15) is 0 Å². The lowest BCUT2D eigenvalue weighted by molar-refractivity contribution is 0.0891. The molecule has 1 N–H and O–H groups in total. The Kier molecular flexibility index (Phi) is 7.87. The first-order chi connectivity index (χ1) is 14.2. The van der Waals surface area contributed by atoms with Gasteiger partial charge in [0.25, 0.3) is 5.91 Å². The molecule has 0 spiro atoms. The number of nitrogens with zero attached hydrogens (tertiary/aromatic N) is 1. The minimum Gasteiger partial charge on any atom is -0.347 e. The molecule has 0 fully saturated rings. The Bertz CT molecular complexity index is 1010. The zero-order chi connectivity index (χ0) is 23.4. The van der Waals surface area contributed by atoms with Gasteiger partial charge in [-0.1, -0.05) is 45.0 Å². The largest absolute Gasteiger partial charge is 0.347 e. The highest BCUT2D eigenvalue weighted by Crippen LogP contribution is 2.31. The number of thioether (sulfide) groups is 1. The second-order valence-electron chi connectivity index (χ2n) is 9.71. The predicted octanol–water partition coefficient (Wildman–Crippen LogP) is 5.32. The Morgan fingerprint density at radius 1 is 1.00 bits per heavy atom. The van der Waals surface area contributed by atoms with Crippen LogP contribution in [0.2, 0.25) is 0 Å². The van der Waals surface area contributed by atoms with Crippen molar-refractivity contribution in [3.05, 3.63) is 59.7 Å². The fourth-order valence-corrected chi connectivity index (χ4v) is 5.45. The first-order valence-electron chi connectivity index (χ1n) is 10.2. The van der Waals surface area contributed by atoms with Gasteiger partial charge in [0.05, 0.1) is 18.5 Å². The van der Waals surface area contributed by atoms with E-state index >= 15 is 0 Å². The zero-order valence-electron chi connectivity index (χ0n) is 19.5. The van der Waals surface area contributed by atoms with Crippen LogP contribution in [0.4, 0.5) is 5.69 Å². The van der Waals surface area contributed by atoms with E-state index in [-0.39, 0.29) is 23.4 Å². The molecule has 0 unspecified atom stereocenters. The van der Waals surface area contributed by atoms with Crippen LogP contribution in [-0.4, -0.2) is 32.4 Å². The predicted molar refractivity (Wildman–Crippen MR) is 131 cm³/mol. The molecule has 2 rings (SSSR count). The van der Waals surface area contributed by atoms with Gasteiger partial charge >= 0.3 is 0 Å². The minimum absolute atomic E-state index is 0.100. The third-order valence-corrected chi connectivity index (χ3v) is 6.63. The summed E-state index contributed by atoms with van der Waals surface area (Å²) in [6.45, 7) is 10.7. The van der Waals surface area contributed by atoms with E-state index in [0.29, 0.717) is 11.3 Å². The molecule has 170 valence electrons. The Labute approximate surface area is 191 Å². The fraction of sp³-hybridized carbons (Fsp3) is 0.458. The van der Waals surface area contributed by atoms with Crippen molar-refractivity contribution in [1.29, 1.82) is 0 Å². The van der Waals surface area contributed by atoms with Crippen LogP contribution in [-0.2, 0) is 16.6 Å². The molecule has 0 saturated heterocycles. The van der Waals surface area contributed by atoms with E-state index < -0.39 is 10.0 Å². The molecule has 2 aromatic rings. The summed E-state index contributed by atoms with van der Waals surface area (Å²) < 4.78 is 26.4. The maximum absolute atomic E-state index is 12.7. The second kappa shape index (κ2) is 9.65. The van der Waals surface area contributed by atoms with Crippen LogP contribution in [0.15, 0.2) is 53.4 Å². The molecule has 0 saturated carbocycles. The number of carbonyl (C=O) groups excluding carboxylic acids is 1. The summed E-state index contributed by atoms with van der Waals surface area (Å²) in [6.07, 6.45) is 3.99. The lowest BCUT2D eigenvalue weighted by Gasteiger charge is -2.33. The molecule has 0 aromatic heterocycles. The van der Waals surface area contributed by atoms with Crippen LogP contribution >= 0.6 is 11.8 Å². The zero-order valence-corrected chi connectivity index (χ0v) is 21.2. The normalized spacial score (nSPS) is 12.5. The smallest absolute Gasteiger partial charge is 0.251 e. The molecule has 31 heavy (non-hydrogen) atoms. The number of hydrogen-bond acceptors (Lipinski definition) is 4. The summed E-state index contributed by atoms with van der Waals surface area (Å²) in [5.41, 5.74) is 1.79. The van der Waals surface area contributed by atoms with Crippen molar-refractivity contribution in [3.63, 3.8) is 0 Å². The molecule has 0 atom stereocenters. The van der Waals surface area contributed by atoms with Crippen LogP contribution < -0.4 is 9.62 Å². The molecular formula is C24H34N2O3S2. The van der Waals surface area contributed by atoms with Crippen LogP contribution in [0.5, 0.6) is 0 Å². The van der Waals surface area contributed by atoms with Gasteiger partial charge in [-0.2, -0.15) is 0 Å². The molecule has 0 aliphatic rings. The molecule has 0 bridgehead atoms. The van der Waals surface area contributed by atoms with Gasteiger partial charge in [-0.3, -0.25) is 9.10 Å². The summed E-state index contributed by atoms with van der Waals surface area (Å²) in [7, 11) is -3.48. The van der Waals surface area contributed by atoms with Crippen molar-refractivity contribution in [1.82, 2.24) is 5.32 Å². The SMILES string of the molecule is CSc1ccccc1N(Cc1ccc(C(=O)NC(C)(C)CC(C)(C)C)cc1)S(C)(=O)=O. The van der Waals surface area contributed by atoms with Gasteiger partial charge in [0.2, 0.25) is 10.0 Å². The number of benzene rings is 2. The number of carbonyl (C=O) groups is 1. The standard InChI is InChI=1S/C24H34N2O3S2/c1-23(2,3)17-24(4,5)25-22(27)19-14-12-18(13-15-19)16-26(31(7,28)29)20-10-8-9-11-21(20)30-6/h8-15H,16-17H2,1-7H3,(H,25,27). The molecule has 5 nitrogen and oxygen atoms in total. The fourth-order valence-electron chi connectivity index (χ4n) is 3.89. The van der Waals surface area contributed by atoms with Crippen LogP contribution in [0.25, 0.3) is 0 Å². The number of para-hydroxylation sites is 1. The van der Waals surface area contributed by atoms with E-state index in [0.717, 1.165) is 16.9 Å². The highest BCUT2D eigenvalue weighted by Gasteiger charge is 2.27. The van der Waals surface area contributed by atoms with Crippen molar-refractivity contribution < 1.29 is 13.2 Å². The molecule has 0 aliphatic heterocycles. The maximum Gasteiger partial charge on any atom is 0.251 e. The number of sulfonamides is 1. The lowest BCUT2D eigenvalue weighted by Crippen LogP contribution is -2.45. The van der Waals surface area contributed by atoms with Gasteiger partial charge in [0, 0.05) is 16.0 Å². The topological polar surface area (TPSA) is 66.5 Å². The van der Waals surface area contributed by atoms with E-state index in [9.17, 15) is 13.2 Å². The molecule has 1 amide bonds. The first-order valence-corrected chi connectivity index (χ1v) is 13.3. The van der Waals surface area contributed by atoms with Gasteiger partial charge in [-0.25, -0.2) is 8.42 Å². The van der Waals surface area contributed by atoms with E-state index in [1.165, 1.54) is 22.3 Å². The highest BCUT2D eigenvalue weighted by molar-refractivity contribution is 7.99. The van der Waals surface area contributed by atoms with Crippen molar-refractivity contribution in [3.8, 4) is 0 Å². The summed E-state index contributed by atoms with van der Waals surface area (Å²) >= 11 is 1.51. The van der Waals surface area contributed by atoms with Gasteiger partial charge in [-0.05, 0) is 61.8 Å². The number of anilines is 1. The minimum atomic E-state index is -3.48. The van der Waals surface area contributed by atoms with E-state index in [4.69, 9.17) is 0 Å². The Balaban J connectivity index is 2.21. The molecule has 7 heteroatoms. The van der Waals surface area contributed by atoms with E-state index in [1.54, 1.807) is 12.1 Å². The number of hydrogen-bond donors (Lipinski definition) is 1. The highest BCUT2D eigenvalue weighted by atomic mass is 32.2. The number of rotatable bonds is 8. The molecule has 0 radical (unpaired) electrons. The monoisotopic (exact) mass is 462 g/mol. The summed E-state index contributed by atoms with van der Waals surface area (Å²) in [6, 6.07) is 14.6. The van der Waals surface area contributed by atoms with Gasteiger partial charge in [0.15, 0.2) is 0 Å². The van der Waals surface area contributed by atoms with E-state index in [1.807, 2.05) is 56.5 Å². The summed E-state index contributed by atoms with van der Waals surface area (Å²) in [5.74, 6) is -0.131. The lowest BCUT2D eigenvalue weighted by atomic mass is 9.81. The van der Waals surface area contributed by atoms with Crippen molar-refractivity contribution in [2.24, 2.45) is 5.41 Å². The molecule has 0 heterocycles. The molecular weight excluding hydrogens is 428 g/mol. The van der Waals surface area contributed by atoms with Gasteiger partial charge < -0.3 is 5.32 Å². The number of amides is 1. The molecule has 0 aliphatic carbocycles. The average molecular weight is 463 g/mol. The average Bonchev–Trinajstić information content (AvgIpc) is 2.63. The quantitative estimate of drug-likeness (QED) is 0.539. The van der Waals surface area contributed by atoms with Crippen molar-refractivity contribution in [2.75, 3.05) is 16.8 Å². The third-order valence-electron chi connectivity index (χ3n) is 4.72. The van der Waals surface area contributed by atoms with E-state index in [2.05, 4.69) is 26.1 Å². The Hall–Kier alpha value is -1.99. The number of nitrogens with one attached hydrogen (secondary N) is 1. The summed E-state index contributed by atoms with van der Waals surface area (Å²) in [5, 5.41) is 3.11. The molecule has 2 aromatic carbocycles. The summed E-state index contributed by atoms with van der Waals surface area (Å²) in [4.78, 5) is 13.6. The van der Waals surface area contributed by atoms with Crippen LogP contribution in [0.1, 0.15) is 57.0 Å². The van der Waals surface area contributed by atoms with Crippen molar-refractivity contribution in [2.45, 2.75) is 58.0 Å². The second-order valence-corrected chi connectivity index (χ2v) is 12.5. The van der Waals surface area contributed by atoms with Crippen molar-refractivity contribution >= 4 is 33.4 Å². The maximum atomic E-state index is 12.7. The first kappa shape index (κ1) is 25.3. The van der Waals surface area contributed by atoms with Crippen LogP contribution in [0.3, 0.4) is 0 Å². The Morgan fingerprint density at radius 2 is 1.58 bits per heavy atom. The third kappa shape index (κ3) is 7.58. The van der Waals surface area contributed by atoms with Crippen LogP contribution in [0, 0.1) is 5.41 Å².